The summed E-state index contributed by atoms with van der Waals surface area (Å²) in [5, 5.41) is 10.0. The first-order valence-corrected chi connectivity index (χ1v) is 12.0. The molecule has 2 fully saturated rings. The van der Waals surface area contributed by atoms with Crippen LogP contribution >= 0.6 is 0 Å². The summed E-state index contributed by atoms with van der Waals surface area (Å²) in [5.74, 6) is 1.58. The molecular formula is C23H45N5O3. The van der Waals surface area contributed by atoms with Gasteiger partial charge in [-0.2, -0.15) is 0 Å². The van der Waals surface area contributed by atoms with E-state index < -0.39 is 5.60 Å². The van der Waals surface area contributed by atoms with Crippen LogP contribution in [0.4, 0.5) is 4.79 Å². The van der Waals surface area contributed by atoms with Gasteiger partial charge >= 0.3 is 6.09 Å². The Bertz CT molecular complexity index is 548. The average molecular weight is 440 g/mol. The Morgan fingerprint density at radius 1 is 1.03 bits per heavy atom. The van der Waals surface area contributed by atoms with Gasteiger partial charge in [-0.3, -0.25) is 4.99 Å². The number of alkyl carbamates (subject to hydrolysis) is 1. The summed E-state index contributed by atoms with van der Waals surface area (Å²) in [6.07, 6.45) is 6.03. The molecule has 0 radical (unpaired) electrons. The Balaban J connectivity index is 1.71. The van der Waals surface area contributed by atoms with E-state index in [1.165, 1.54) is 12.8 Å². The SMILES string of the molecule is CCNC(=NCC1CCN(CCOC)CC1)NC1CCC(NC(=O)OC(C)(C)C)CC1. The smallest absolute Gasteiger partial charge is 0.407 e. The number of hydrogen-bond acceptors (Lipinski definition) is 5. The van der Waals surface area contributed by atoms with Gasteiger partial charge in [0.05, 0.1) is 6.61 Å². The number of hydrogen-bond donors (Lipinski definition) is 3. The molecule has 31 heavy (non-hydrogen) atoms. The van der Waals surface area contributed by atoms with E-state index in [0.717, 1.165) is 71.0 Å². The molecule has 0 aromatic heterocycles. The highest BCUT2D eigenvalue weighted by atomic mass is 16.6. The first kappa shape index (κ1) is 25.7. The summed E-state index contributed by atoms with van der Waals surface area (Å²) >= 11 is 0. The number of methoxy groups -OCH3 is 1. The number of aliphatic imine (C=N–C) groups is 1. The summed E-state index contributed by atoms with van der Waals surface area (Å²) in [7, 11) is 1.76. The van der Waals surface area contributed by atoms with Crippen molar-refractivity contribution in [3.05, 3.63) is 0 Å². The molecule has 0 aromatic carbocycles. The van der Waals surface area contributed by atoms with Crippen LogP contribution in [-0.2, 0) is 9.47 Å². The Morgan fingerprint density at radius 3 is 2.19 bits per heavy atom. The number of rotatable bonds is 8. The Morgan fingerprint density at radius 2 is 1.65 bits per heavy atom. The lowest BCUT2D eigenvalue weighted by Gasteiger charge is -2.32. The molecule has 0 bridgehead atoms. The minimum Gasteiger partial charge on any atom is -0.444 e. The number of likely N-dealkylation sites (tertiary alicyclic amines) is 1. The van der Waals surface area contributed by atoms with Crippen LogP contribution in [0.3, 0.4) is 0 Å². The largest absolute Gasteiger partial charge is 0.444 e. The van der Waals surface area contributed by atoms with E-state index in [2.05, 4.69) is 27.8 Å². The molecule has 1 saturated heterocycles. The van der Waals surface area contributed by atoms with E-state index in [0.29, 0.717) is 12.0 Å². The number of amides is 1. The minimum atomic E-state index is -0.458. The van der Waals surface area contributed by atoms with E-state index in [1.807, 2.05) is 20.8 Å². The van der Waals surface area contributed by atoms with Gasteiger partial charge in [0, 0.05) is 38.8 Å². The maximum atomic E-state index is 12.0. The molecule has 8 heteroatoms. The number of carbonyl (C=O) groups is 1. The number of nitrogens with one attached hydrogen (secondary N) is 3. The molecule has 2 aliphatic rings. The van der Waals surface area contributed by atoms with E-state index in [9.17, 15) is 4.79 Å². The molecule has 8 nitrogen and oxygen atoms in total. The maximum absolute atomic E-state index is 12.0. The number of ether oxygens (including phenoxy) is 2. The molecule has 180 valence electrons. The van der Waals surface area contributed by atoms with Gasteiger partial charge < -0.3 is 30.3 Å². The molecule has 1 saturated carbocycles. The van der Waals surface area contributed by atoms with Crippen molar-refractivity contribution in [3.8, 4) is 0 Å². The van der Waals surface area contributed by atoms with Crippen molar-refractivity contribution in [3.63, 3.8) is 0 Å². The van der Waals surface area contributed by atoms with Crippen LogP contribution in [0, 0.1) is 5.92 Å². The highest BCUT2D eigenvalue weighted by molar-refractivity contribution is 5.80. The summed E-state index contributed by atoms with van der Waals surface area (Å²) in [6, 6.07) is 0.584. The fourth-order valence-corrected chi connectivity index (χ4v) is 4.20. The van der Waals surface area contributed by atoms with E-state index >= 15 is 0 Å². The van der Waals surface area contributed by atoms with Gasteiger partial charge in [-0.05, 0) is 85.2 Å². The molecule has 2 rings (SSSR count). The molecule has 1 aliphatic carbocycles. The number of nitrogens with zero attached hydrogens (tertiary/aromatic N) is 2. The second kappa shape index (κ2) is 13.1. The molecule has 3 N–H and O–H groups in total. The van der Waals surface area contributed by atoms with Gasteiger partial charge in [0.1, 0.15) is 5.60 Å². The lowest BCUT2D eigenvalue weighted by molar-refractivity contribution is 0.0490. The fraction of sp³-hybridized carbons (Fsp3) is 0.913. The molecule has 0 spiro atoms. The quantitative estimate of drug-likeness (QED) is 0.398. The minimum absolute atomic E-state index is 0.190. The predicted molar refractivity (Wildman–Crippen MR) is 126 cm³/mol. The number of guanidine groups is 1. The monoisotopic (exact) mass is 439 g/mol. The standard InChI is InChI=1S/C23H45N5O3/c1-6-24-21(25-17-18-11-13-28(14-12-18)15-16-30-5)26-19-7-9-20(10-8-19)27-22(29)31-23(2,3)4/h18-20H,6-17H2,1-5H3,(H,27,29)(H2,24,25,26). The van der Waals surface area contributed by atoms with Crippen LogP contribution in [0.1, 0.15) is 66.2 Å². The predicted octanol–water partition coefficient (Wildman–Crippen LogP) is 2.74. The summed E-state index contributed by atoms with van der Waals surface area (Å²) in [5.41, 5.74) is -0.458. The van der Waals surface area contributed by atoms with E-state index in [-0.39, 0.29) is 12.1 Å². The Kier molecular flexibility index (Phi) is 10.9. The van der Waals surface area contributed by atoms with Crippen molar-refractivity contribution in [1.29, 1.82) is 0 Å². The molecule has 1 aliphatic heterocycles. The van der Waals surface area contributed by atoms with Crippen molar-refractivity contribution >= 4 is 12.1 Å². The second-order valence-electron chi connectivity index (χ2n) is 9.84. The zero-order valence-electron chi connectivity index (χ0n) is 20.3. The number of piperidine rings is 1. The third-order valence-electron chi connectivity index (χ3n) is 5.96. The Hall–Kier alpha value is -1.54. The van der Waals surface area contributed by atoms with Crippen LogP contribution in [0.15, 0.2) is 4.99 Å². The molecule has 0 aromatic rings. The average Bonchev–Trinajstić information content (AvgIpc) is 2.71. The normalized spacial score (nSPS) is 24.0. The maximum Gasteiger partial charge on any atom is 0.407 e. The van der Waals surface area contributed by atoms with Gasteiger partial charge in [0.25, 0.3) is 0 Å². The van der Waals surface area contributed by atoms with Crippen LogP contribution < -0.4 is 16.0 Å². The lowest BCUT2D eigenvalue weighted by atomic mass is 9.91. The third kappa shape index (κ3) is 10.5. The summed E-state index contributed by atoms with van der Waals surface area (Å²) < 4.78 is 10.6. The lowest BCUT2D eigenvalue weighted by Crippen LogP contribution is -2.48. The van der Waals surface area contributed by atoms with Crippen molar-refractivity contribution in [2.45, 2.75) is 83.9 Å². The molecular weight excluding hydrogens is 394 g/mol. The van der Waals surface area contributed by atoms with Gasteiger partial charge in [-0.15, -0.1) is 0 Å². The van der Waals surface area contributed by atoms with Gasteiger partial charge in [0.15, 0.2) is 5.96 Å². The van der Waals surface area contributed by atoms with Crippen molar-refractivity contribution in [2.75, 3.05) is 46.4 Å². The highest BCUT2D eigenvalue weighted by Gasteiger charge is 2.25. The van der Waals surface area contributed by atoms with Crippen molar-refractivity contribution in [2.24, 2.45) is 10.9 Å². The molecule has 0 unspecified atom stereocenters. The zero-order chi connectivity index (χ0) is 22.7. The van der Waals surface area contributed by atoms with Crippen molar-refractivity contribution < 1.29 is 14.3 Å². The van der Waals surface area contributed by atoms with Gasteiger partial charge in [-0.1, -0.05) is 0 Å². The topological polar surface area (TPSA) is 87.2 Å². The summed E-state index contributed by atoms with van der Waals surface area (Å²) in [4.78, 5) is 19.4. The van der Waals surface area contributed by atoms with Crippen molar-refractivity contribution in [1.82, 2.24) is 20.9 Å². The molecule has 1 amide bonds. The Labute approximate surface area is 188 Å². The van der Waals surface area contributed by atoms with Crippen LogP contribution in [-0.4, -0.2) is 81.1 Å². The molecule has 0 atom stereocenters. The van der Waals surface area contributed by atoms with Crippen LogP contribution in [0.5, 0.6) is 0 Å². The third-order valence-corrected chi connectivity index (χ3v) is 5.96. The first-order valence-electron chi connectivity index (χ1n) is 12.0. The van der Waals surface area contributed by atoms with E-state index in [4.69, 9.17) is 14.5 Å². The highest BCUT2D eigenvalue weighted by Crippen LogP contribution is 2.20. The van der Waals surface area contributed by atoms with Gasteiger partial charge in [-0.25, -0.2) is 4.79 Å². The summed E-state index contributed by atoms with van der Waals surface area (Å²) in [6.45, 7) is 13.6. The van der Waals surface area contributed by atoms with Crippen LogP contribution in [0.25, 0.3) is 0 Å². The second-order valence-corrected chi connectivity index (χ2v) is 9.84. The van der Waals surface area contributed by atoms with Gasteiger partial charge in [0.2, 0.25) is 0 Å². The zero-order valence-corrected chi connectivity index (χ0v) is 20.3. The molecule has 1 heterocycles. The van der Waals surface area contributed by atoms with Crippen LogP contribution in [0.2, 0.25) is 0 Å². The fourth-order valence-electron chi connectivity index (χ4n) is 4.20. The first-order chi connectivity index (χ1) is 14.8. The van der Waals surface area contributed by atoms with E-state index in [1.54, 1.807) is 7.11 Å². The number of carbonyl (C=O) groups excluding carboxylic acids is 1.